The fraction of sp³-hybridized carbons (Fsp3) is 0.556. The molecule has 0 aromatic carbocycles. The second-order valence-corrected chi connectivity index (χ2v) is 4.28. The lowest BCUT2D eigenvalue weighted by Gasteiger charge is -2.07. The van der Waals surface area contributed by atoms with Gasteiger partial charge in [-0.15, -0.1) is 0 Å². The van der Waals surface area contributed by atoms with Gasteiger partial charge in [0.15, 0.2) is 5.13 Å². The molecule has 5 nitrogen and oxygen atoms in total. The SMILES string of the molecule is COC(=O)CC(O)c1cnc(N(C)C)s1. The fourth-order valence-electron chi connectivity index (χ4n) is 0.980. The predicted molar refractivity (Wildman–Crippen MR) is 58.0 cm³/mol. The summed E-state index contributed by atoms with van der Waals surface area (Å²) < 4.78 is 4.47. The molecule has 1 aromatic heterocycles. The number of aromatic nitrogens is 1. The van der Waals surface area contributed by atoms with Crippen LogP contribution in [0, 0.1) is 0 Å². The van der Waals surface area contributed by atoms with Crippen molar-refractivity contribution in [3.63, 3.8) is 0 Å². The van der Waals surface area contributed by atoms with E-state index >= 15 is 0 Å². The highest BCUT2D eigenvalue weighted by molar-refractivity contribution is 7.15. The van der Waals surface area contributed by atoms with E-state index in [9.17, 15) is 9.90 Å². The Kier molecular flexibility index (Phi) is 4.05. The molecule has 15 heavy (non-hydrogen) atoms. The molecule has 84 valence electrons. The monoisotopic (exact) mass is 230 g/mol. The van der Waals surface area contributed by atoms with Gasteiger partial charge in [-0.05, 0) is 0 Å². The zero-order valence-electron chi connectivity index (χ0n) is 8.93. The van der Waals surface area contributed by atoms with Crippen LogP contribution in [0.3, 0.4) is 0 Å². The number of hydrogen-bond acceptors (Lipinski definition) is 6. The molecule has 1 atom stereocenters. The van der Waals surface area contributed by atoms with Crippen molar-refractivity contribution in [3.8, 4) is 0 Å². The largest absolute Gasteiger partial charge is 0.469 e. The molecule has 0 aliphatic heterocycles. The van der Waals surface area contributed by atoms with Gasteiger partial charge in [-0.3, -0.25) is 4.79 Å². The maximum atomic E-state index is 10.9. The second-order valence-electron chi connectivity index (χ2n) is 3.24. The van der Waals surface area contributed by atoms with Gasteiger partial charge in [0.25, 0.3) is 0 Å². The summed E-state index contributed by atoms with van der Waals surface area (Å²) in [5, 5.41) is 10.5. The molecule has 0 aliphatic rings. The lowest BCUT2D eigenvalue weighted by molar-refractivity contribution is -0.142. The smallest absolute Gasteiger partial charge is 0.308 e. The van der Waals surface area contributed by atoms with Gasteiger partial charge in [-0.1, -0.05) is 11.3 Å². The number of ether oxygens (including phenoxy) is 1. The Bertz CT molecular complexity index is 338. The van der Waals surface area contributed by atoms with E-state index < -0.39 is 12.1 Å². The molecule has 1 unspecified atom stereocenters. The molecule has 1 heterocycles. The van der Waals surface area contributed by atoms with Gasteiger partial charge in [-0.25, -0.2) is 4.98 Å². The van der Waals surface area contributed by atoms with Crippen molar-refractivity contribution in [2.24, 2.45) is 0 Å². The number of thiazole rings is 1. The summed E-state index contributed by atoms with van der Waals surface area (Å²) in [5.74, 6) is -0.428. The highest BCUT2D eigenvalue weighted by Gasteiger charge is 2.16. The van der Waals surface area contributed by atoms with Crippen LogP contribution in [0.2, 0.25) is 0 Å². The molecule has 1 rings (SSSR count). The summed E-state index contributed by atoms with van der Waals surface area (Å²) in [6, 6.07) is 0. The van der Waals surface area contributed by atoms with E-state index in [4.69, 9.17) is 0 Å². The van der Waals surface area contributed by atoms with Crippen LogP contribution in [0.5, 0.6) is 0 Å². The van der Waals surface area contributed by atoms with Crippen LogP contribution in [-0.4, -0.2) is 37.3 Å². The van der Waals surface area contributed by atoms with Crippen LogP contribution >= 0.6 is 11.3 Å². The normalized spacial score (nSPS) is 12.3. The summed E-state index contributed by atoms with van der Waals surface area (Å²) in [5.41, 5.74) is 0. The van der Waals surface area contributed by atoms with Gasteiger partial charge in [0, 0.05) is 20.3 Å². The number of esters is 1. The molecular formula is C9H14N2O3S. The van der Waals surface area contributed by atoms with E-state index in [0.717, 1.165) is 5.13 Å². The Morgan fingerprint density at radius 1 is 1.73 bits per heavy atom. The molecule has 0 spiro atoms. The maximum Gasteiger partial charge on any atom is 0.308 e. The number of carbonyl (C=O) groups is 1. The highest BCUT2D eigenvalue weighted by Crippen LogP contribution is 2.27. The quantitative estimate of drug-likeness (QED) is 0.775. The van der Waals surface area contributed by atoms with Crippen molar-refractivity contribution >= 4 is 22.4 Å². The van der Waals surface area contributed by atoms with Crippen LogP contribution < -0.4 is 4.90 Å². The molecule has 1 aromatic rings. The number of aliphatic hydroxyl groups is 1. The average Bonchev–Trinajstić information content (AvgIpc) is 2.66. The Morgan fingerprint density at radius 3 is 2.87 bits per heavy atom. The van der Waals surface area contributed by atoms with Crippen LogP contribution in [0.1, 0.15) is 17.4 Å². The van der Waals surface area contributed by atoms with Crippen molar-refractivity contribution in [3.05, 3.63) is 11.1 Å². The molecule has 0 radical (unpaired) electrons. The Labute approximate surface area is 92.3 Å². The molecule has 0 aliphatic carbocycles. The number of methoxy groups -OCH3 is 1. The first-order valence-corrected chi connectivity index (χ1v) is 5.24. The second kappa shape index (κ2) is 5.09. The third-order valence-corrected chi connectivity index (χ3v) is 3.08. The molecule has 0 fully saturated rings. The molecule has 1 N–H and O–H groups in total. The fourth-order valence-corrected chi connectivity index (χ4v) is 1.80. The molecule has 0 amide bonds. The lowest BCUT2D eigenvalue weighted by Crippen LogP contribution is -2.07. The highest BCUT2D eigenvalue weighted by atomic mass is 32.1. The molecule has 0 saturated carbocycles. The van der Waals surface area contributed by atoms with Crippen molar-refractivity contribution in [2.75, 3.05) is 26.1 Å². The van der Waals surface area contributed by atoms with Crippen LogP contribution in [0.4, 0.5) is 5.13 Å². The minimum atomic E-state index is -0.830. The average molecular weight is 230 g/mol. The predicted octanol–water partition coefficient (Wildman–Crippen LogP) is 0.806. The minimum Gasteiger partial charge on any atom is -0.469 e. The summed E-state index contributed by atoms with van der Waals surface area (Å²) in [6.45, 7) is 0. The summed E-state index contributed by atoms with van der Waals surface area (Å²) >= 11 is 1.36. The number of nitrogens with zero attached hydrogens (tertiary/aromatic N) is 2. The van der Waals surface area contributed by atoms with Crippen molar-refractivity contribution in [1.29, 1.82) is 0 Å². The van der Waals surface area contributed by atoms with E-state index in [1.165, 1.54) is 18.4 Å². The van der Waals surface area contributed by atoms with Crippen LogP contribution in [0.25, 0.3) is 0 Å². The zero-order chi connectivity index (χ0) is 11.4. The zero-order valence-corrected chi connectivity index (χ0v) is 9.74. The van der Waals surface area contributed by atoms with Crippen molar-refractivity contribution in [1.82, 2.24) is 4.98 Å². The molecule has 0 bridgehead atoms. The van der Waals surface area contributed by atoms with E-state index in [1.54, 1.807) is 6.20 Å². The first-order valence-electron chi connectivity index (χ1n) is 4.42. The van der Waals surface area contributed by atoms with Gasteiger partial charge < -0.3 is 14.7 Å². The van der Waals surface area contributed by atoms with Gasteiger partial charge >= 0.3 is 5.97 Å². The van der Waals surface area contributed by atoms with E-state index in [0.29, 0.717) is 4.88 Å². The Balaban J connectivity index is 2.65. The van der Waals surface area contributed by atoms with Crippen LogP contribution in [0.15, 0.2) is 6.20 Å². The summed E-state index contributed by atoms with van der Waals surface area (Å²) in [7, 11) is 5.04. The Morgan fingerprint density at radius 2 is 2.40 bits per heavy atom. The topological polar surface area (TPSA) is 62.7 Å². The molecule has 0 saturated heterocycles. The van der Waals surface area contributed by atoms with Crippen molar-refractivity contribution in [2.45, 2.75) is 12.5 Å². The van der Waals surface area contributed by atoms with Crippen LogP contribution in [-0.2, 0) is 9.53 Å². The number of hydrogen-bond donors (Lipinski definition) is 1. The van der Waals surface area contributed by atoms with E-state index in [1.807, 2.05) is 19.0 Å². The van der Waals surface area contributed by atoms with Gasteiger partial charge in [-0.2, -0.15) is 0 Å². The summed E-state index contributed by atoms with van der Waals surface area (Å²) in [4.78, 5) is 17.5. The molecule has 6 heteroatoms. The lowest BCUT2D eigenvalue weighted by atomic mass is 10.2. The number of carbonyl (C=O) groups excluding carboxylic acids is 1. The third-order valence-electron chi connectivity index (χ3n) is 1.81. The first-order chi connectivity index (χ1) is 7.04. The number of aliphatic hydroxyl groups excluding tert-OH is 1. The first kappa shape index (κ1) is 11.9. The summed E-state index contributed by atoms with van der Waals surface area (Å²) in [6.07, 6.45) is 0.711. The maximum absolute atomic E-state index is 10.9. The van der Waals surface area contributed by atoms with Crippen molar-refractivity contribution < 1.29 is 14.6 Å². The Hall–Kier alpha value is -1.14. The standard InChI is InChI=1S/C9H14N2O3S/c1-11(2)9-10-5-7(15-9)6(12)4-8(13)14-3/h5-6,12H,4H2,1-3H3. The van der Waals surface area contributed by atoms with E-state index in [2.05, 4.69) is 9.72 Å². The van der Waals surface area contributed by atoms with Gasteiger partial charge in [0.1, 0.15) is 6.10 Å². The van der Waals surface area contributed by atoms with E-state index in [-0.39, 0.29) is 6.42 Å². The number of anilines is 1. The third kappa shape index (κ3) is 3.17. The number of rotatable bonds is 4. The van der Waals surface area contributed by atoms with Gasteiger partial charge in [0.2, 0.25) is 0 Å². The molecular weight excluding hydrogens is 216 g/mol. The minimum absolute atomic E-state index is 0.0361. The van der Waals surface area contributed by atoms with Gasteiger partial charge in [0.05, 0.1) is 18.4 Å².